The third-order valence-corrected chi connectivity index (χ3v) is 5.05. The van der Waals surface area contributed by atoms with E-state index in [0.717, 1.165) is 13.1 Å². The topological polar surface area (TPSA) is 12.0 Å². The van der Waals surface area contributed by atoms with Gasteiger partial charge in [-0.1, -0.05) is 35.0 Å². The van der Waals surface area contributed by atoms with Crippen molar-refractivity contribution in [3.63, 3.8) is 0 Å². The molecule has 1 aromatic rings. The van der Waals surface area contributed by atoms with Gasteiger partial charge in [0.15, 0.2) is 0 Å². The number of nitrogens with one attached hydrogen (secondary N) is 1. The lowest BCUT2D eigenvalue weighted by atomic mass is 9.72. The van der Waals surface area contributed by atoms with E-state index in [1.807, 2.05) is 0 Å². The van der Waals surface area contributed by atoms with Crippen LogP contribution < -0.4 is 5.32 Å². The van der Waals surface area contributed by atoms with E-state index in [0.29, 0.717) is 5.41 Å². The molecule has 0 amide bonds. The molecular formula is C14H20BrNS. The van der Waals surface area contributed by atoms with E-state index >= 15 is 0 Å². The minimum absolute atomic E-state index is 0.412. The van der Waals surface area contributed by atoms with Crippen molar-refractivity contribution in [2.45, 2.75) is 25.2 Å². The maximum absolute atomic E-state index is 3.51. The fourth-order valence-corrected chi connectivity index (χ4v) is 3.31. The van der Waals surface area contributed by atoms with Gasteiger partial charge in [-0.15, -0.1) is 0 Å². The van der Waals surface area contributed by atoms with Gasteiger partial charge in [0.25, 0.3) is 0 Å². The van der Waals surface area contributed by atoms with Gasteiger partial charge in [0.2, 0.25) is 0 Å². The first-order valence-electron chi connectivity index (χ1n) is 6.31. The first-order chi connectivity index (χ1) is 8.27. The molecule has 1 N–H and O–H groups in total. The van der Waals surface area contributed by atoms with Gasteiger partial charge in [-0.05, 0) is 42.0 Å². The van der Waals surface area contributed by atoms with Crippen LogP contribution in [0.15, 0.2) is 28.7 Å². The summed E-state index contributed by atoms with van der Waals surface area (Å²) in [6, 6.07) is 8.88. The van der Waals surface area contributed by atoms with Crippen LogP contribution in [0.4, 0.5) is 0 Å². The maximum atomic E-state index is 3.51. The molecule has 1 aliphatic rings. The smallest absolute Gasteiger partial charge is 0.0203 e. The Balaban J connectivity index is 1.96. The van der Waals surface area contributed by atoms with E-state index in [1.165, 1.54) is 34.4 Å². The van der Waals surface area contributed by atoms with Crippen LogP contribution >= 0.6 is 27.7 Å². The highest BCUT2D eigenvalue weighted by Gasteiger charge is 2.37. The van der Waals surface area contributed by atoms with Crippen LogP contribution in [0.25, 0.3) is 0 Å². The Bertz CT molecular complexity index is 346. The molecule has 0 atom stereocenters. The van der Waals surface area contributed by atoms with Crippen LogP contribution in [0, 0.1) is 0 Å². The predicted octanol–water partition coefficient (Wildman–Crippen LogP) is 3.82. The zero-order chi connectivity index (χ0) is 12.1. The summed E-state index contributed by atoms with van der Waals surface area (Å²) in [4.78, 5) is 0. The molecule has 3 heteroatoms. The highest BCUT2D eigenvalue weighted by atomic mass is 79.9. The minimum Gasteiger partial charge on any atom is -0.315 e. The second-order valence-corrected chi connectivity index (χ2v) is 7.00. The molecule has 1 nitrogen and oxygen atoms in total. The molecule has 0 aliphatic carbocycles. The molecule has 1 saturated heterocycles. The summed E-state index contributed by atoms with van der Waals surface area (Å²) in [5.74, 6) is 2.54. The van der Waals surface area contributed by atoms with Crippen LogP contribution in [0.1, 0.15) is 25.3 Å². The SMILES string of the molecule is CCSCCCC1(c2ccc(Br)cc2)CNC1. The summed E-state index contributed by atoms with van der Waals surface area (Å²) >= 11 is 5.56. The molecule has 2 rings (SSSR count). The van der Waals surface area contributed by atoms with Crippen LogP contribution in [0.3, 0.4) is 0 Å². The number of halogens is 1. The molecule has 1 aromatic carbocycles. The second kappa shape index (κ2) is 6.26. The van der Waals surface area contributed by atoms with Gasteiger partial charge >= 0.3 is 0 Å². The quantitative estimate of drug-likeness (QED) is 0.801. The molecule has 0 bridgehead atoms. The largest absolute Gasteiger partial charge is 0.315 e. The maximum Gasteiger partial charge on any atom is 0.0203 e. The van der Waals surface area contributed by atoms with E-state index < -0.39 is 0 Å². The summed E-state index contributed by atoms with van der Waals surface area (Å²) in [5, 5.41) is 3.44. The number of benzene rings is 1. The molecule has 0 saturated carbocycles. The third kappa shape index (κ3) is 3.27. The van der Waals surface area contributed by atoms with E-state index in [-0.39, 0.29) is 0 Å². The first kappa shape index (κ1) is 13.4. The number of rotatable bonds is 6. The normalized spacial score (nSPS) is 17.8. The Kier molecular flexibility index (Phi) is 4.95. The molecule has 94 valence electrons. The van der Waals surface area contributed by atoms with Gasteiger partial charge in [-0.3, -0.25) is 0 Å². The Morgan fingerprint density at radius 2 is 2.00 bits per heavy atom. The number of hydrogen-bond donors (Lipinski definition) is 1. The van der Waals surface area contributed by atoms with Crippen molar-refractivity contribution in [3.8, 4) is 0 Å². The summed E-state index contributed by atoms with van der Waals surface area (Å²) in [7, 11) is 0. The minimum atomic E-state index is 0.412. The van der Waals surface area contributed by atoms with Crippen molar-refractivity contribution in [1.82, 2.24) is 5.32 Å². The van der Waals surface area contributed by atoms with Crippen molar-refractivity contribution in [1.29, 1.82) is 0 Å². The molecule has 0 spiro atoms. The van der Waals surface area contributed by atoms with Crippen molar-refractivity contribution in [2.24, 2.45) is 0 Å². The Morgan fingerprint density at radius 3 is 2.53 bits per heavy atom. The summed E-state index contributed by atoms with van der Waals surface area (Å²) in [5.41, 5.74) is 1.91. The third-order valence-electron chi connectivity index (χ3n) is 3.53. The fourth-order valence-electron chi connectivity index (χ4n) is 2.41. The lowest BCUT2D eigenvalue weighted by Gasteiger charge is -2.43. The molecule has 0 radical (unpaired) electrons. The van der Waals surface area contributed by atoms with Gasteiger partial charge in [0.05, 0.1) is 0 Å². The van der Waals surface area contributed by atoms with Gasteiger partial charge in [-0.25, -0.2) is 0 Å². The van der Waals surface area contributed by atoms with E-state index in [9.17, 15) is 0 Å². The lowest BCUT2D eigenvalue weighted by molar-refractivity contribution is 0.256. The average Bonchev–Trinajstić information content (AvgIpc) is 2.29. The van der Waals surface area contributed by atoms with Gasteiger partial charge in [0.1, 0.15) is 0 Å². The van der Waals surface area contributed by atoms with Crippen LogP contribution in [-0.2, 0) is 5.41 Å². The molecule has 1 fully saturated rings. The van der Waals surface area contributed by atoms with Crippen LogP contribution in [-0.4, -0.2) is 24.6 Å². The van der Waals surface area contributed by atoms with Gasteiger partial charge in [0, 0.05) is 23.0 Å². The van der Waals surface area contributed by atoms with E-state index in [2.05, 4.69) is 64.2 Å². The van der Waals surface area contributed by atoms with E-state index in [4.69, 9.17) is 0 Å². The molecule has 1 heterocycles. The first-order valence-corrected chi connectivity index (χ1v) is 8.26. The lowest BCUT2D eigenvalue weighted by Crippen LogP contribution is -2.56. The molecule has 0 aromatic heterocycles. The molecule has 17 heavy (non-hydrogen) atoms. The van der Waals surface area contributed by atoms with Crippen molar-refractivity contribution in [3.05, 3.63) is 34.3 Å². The number of thioether (sulfide) groups is 1. The Hall–Kier alpha value is 0.01000. The summed E-state index contributed by atoms with van der Waals surface area (Å²) < 4.78 is 1.17. The van der Waals surface area contributed by atoms with E-state index in [1.54, 1.807) is 0 Å². The summed E-state index contributed by atoms with van der Waals surface area (Å²) in [6.07, 6.45) is 2.64. The summed E-state index contributed by atoms with van der Waals surface area (Å²) in [6.45, 7) is 4.52. The standard InChI is InChI=1S/C14H20BrNS/c1-2-17-9-3-8-14(10-16-11-14)12-4-6-13(15)7-5-12/h4-7,16H,2-3,8-11H2,1H3. The molecule has 1 aliphatic heterocycles. The monoisotopic (exact) mass is 313 g/mol. The second-order valence-electron chi connectivity index (χ2n) is 4.69. The van der Waals surface area contributed by atoms with Crippen LogP contribution in [0.2, 0.25) is 0 Å². The highest BCUT2D eigenvalue weighted by molar-refractivity contribution is 9.10. The number of hydrogen-bond acceptors (Lipinski definition) is 2. The van der Waals surface area contributed by atoms with Crippen molar-refractivity contribution >= 4 is 27.7 Å². The average molecular weight is 314 g/mol. The zero-order valence-electron chi connectivity index (χ0n) is 10.3. The van der Waals surface area contributed by atoms with Crippen LogP contribution in [0.5, 0.6) is 0 Å². The van der Waals surface area contributed by atoms with Gasteiger partial charge in [-0.2, -0.15) is 11.8 Å². The molecule has 0 unspecified atom stereocenters. The zero-order valence-corrected chi connectivity index (χ0v) is 12.7. The van der Waals surface area contributed by atoms with Crippen molar-refractivity contribution in [2.75, 3.05) is 24.6 Å². The predicted molar refractivity (Wildman–Crippen MR) is 80.9 cm³/mol. The Labute approximate surface area is 117 Å². The highest BCUT2D eigenvalue weighted by Crippen LogP contribution is 2.34. The van der Waals surface area contributed by atoms with Crippen molar-refractivity contribution < 1.29 is 0 Å². The Morgan fingerprint density at radius 1 is 1.29 bits per heavy atom. The molecular weight excluding hydrogens is 294 g/mol. The fraction of sp³-hybridized carbons (Fsp3) is 0.571. The van der Waals surface area contributed by atoms with Gasteiger partial charge < -0.3 is 5.32 Å².